The maximum atomic E-state index is 10.1. The molecule has 2 rings (SSSR count). The van der Waals surface area contributed by atoms with Crippen LogP contribution in [0, 0.1) is 0 Å². The van der Waals surface area contributed by atoms with Crippen molar-refractivity contribution in [1.29, 1.82) is 0 Å². The van der Waals surface area contributed by atoms with Gasteiger partial charge in [-0.15, -0.1) is 0 Å². The van der Waals surface area contributed by atoms with E-state index in [1.807, 2.05) is 0 Å². The first kappa shape index (κ1) is 32.5. The minimum Gasteiger partial charge on any atom is -0.387 e. The fourth-order valence-corrected chi connectivity index (χ4v) is 10.2. The standard InChI is InChI=1S/C12H25O17P3S3/c13-5-3(26-11(19)9(17)7(5)15)1-24-12-10(18)8(16)6(14)4(27-12)2-25-31(22,34)29-32(23,35)28-30(20,21)33/h3-19H,1-2H2,(H,22,34)(H,23,35)(H2,20,21,33)/t3-,4-,5-,6+,7+,8+,9-,10-,11?,12+,31?,32?/m1/s1. The summed E-state index contributed by atoms with van der Waals surface area (Å²) in [6.45, 7) is -15.0. The lowest BCUT2D eigenvalue weighted by atomic mass is 9.98. The summed E-state index contributed by atoms with van der Waals surface area (Å²) >= 11 is 13.2. The summed E-state index contributed by atoms with van der Waals surface area (Å²) in [5.41, 5.74) is 0. The molecule has 0 aromatic carbocycles. The Labute approximate surface area is 212 Å². The van der Waals surface area contributed by atoms with Crippen molar-refractivity contribution in [3.8, 4) is 0 Å². The average molecular weight is 630 g/mol. The van der Waals surface area contributed by atoms with Gasteiger partial charge in [-0.3, -0.25) is 0 Å². The summed E-state index contributed by atoms with van der Waals surface area (Å²) < 4.78 is 29.0. The fraction of sp³-hybridized carbons (Fsp3) is 1.00. The Morgan fingerprint density at radius 3 is 1.66 bits per heavy atom. The molecular formula is C12H25O17P3S3. The molecule has 0 amide bonds. The van der Waals surface area contributed by atoms with Gasteiger partial charge < -0.3 is 74.1 Å². The first-order chi connectivity index (χ1) is 15.8. The van der Waals surface area contributed by atoms with E-state index in [2.05, 4.69) is 44.0 Å². The van der Waals surface area contributed by atoms with E-state index in [0.717, 1.165) is 0 Å². The largest absolute Gasteiger partial charge is 0.387 e. The van der Waals surface area contributed by atoms with Gasteiger partial charge in [0.05, 0.1) is 13.2 Å². The van der Waals surface area contributed by atoms with E-state index in [4.69, 9.17) is 28.5 Å². The van der Waals surface area contributed by atoms with Crippen molar-refractivity contribution in [3.63, 3.8) is 0 Å². The molecule has 17 nitrogen and oxygen atoms in total. The van der Waals surface area contributed by atoms with Crippen LogP contribution >= 0.6 is 20.2 Å². The minimum absolute atomic E-state index is 0.639. The molecule has 0 aliphatic carbocycles. The summed E-state index contributed by atoms with van der Waals surface area (Å²) in [7, 11) is 0. The Balaban J connectivity index is 1.99. The van der Waals surface area contributed by atoms with Gasteiger partial charge in [0.2, 0.25) is 0 Å². The van der Waals surface area contributed by atoms with Gasteiger partial charge in [0, 0.05) is 0 Å². The van der Waals surface area contributed by atoms with Crippen molar-refractivity contribution in [2.75, 3.05) is 13.2 Å². The van der Waals surface area contributed by atoms with Crippen LogP contribution in [0.1, 0.15) is 0 Å². The van der Waals surface area contributed by atoms with Gasteiger partial charge in [-0.05, 0) is 35.4 Å². The van der Waals surface area contributed by atoms with Gasteiger partial charge in [-0.1, -0.05) is 0 Å². The van der Waals surface area contributed by atoms with Crippen LogP contribution in [-0.2, 0) is 62.8 Å². The zero-order valence-electron chi connectivity index (χ0n) is 17.1. The van der Waals surface area contributed by atoms with Crippen LogP contribution < -0.4 is 0 Å². The van der Waals surface area contributed by atoms with Crippen LogP contribution in [0.5, 0.6) is 0 Å². The van der Waals surface area contributed by atoms with Gasteiger partial charge in [-0.25, -0.2) is 8.62 Å². The predicted octanol–water partition coefficient (Wildman–Crippen LogP) is -4.70. The summed E-state index contributed by atoms with van der Waals surface area (Å²) in [6.07, 6.45) is -17.4. The predicted molar refractivity (Wildman–Crippen MR) is 121 cm³/mol. The van der Waals surface area contributed by atoms with Crippen molar-refractivity contribution in [2.45, 2.75) is 61.4 Å². The van der Waals surface area contributed by atoms with E-state index < -0.39 is 94.8 Å². The Morgan fingerprint density at radius 2 is 1.11 bits per heavy atom. The Morgan fingerprint density at radius 1 is 0.600 bits per heavy atom. The molecule has 2 aliphatic rings. The van der Waals surface area contributed by atoms with E-state index in [0.29, 0.717) is 0 Å². The zero-order chi connectivity index (χ0) is 26.9. The fourth-order valence-electron chi connectivity index (χ4n) is 2.92. The Bertz CT molecular complexity index is 861. The van der Waals surface area contributed by atoms with Gasteiger partial charge in [-0.2, -0.15) is 0 Å². The second-order valence-corrected chi connectivity index (χ2v) is 15.9. The molecule has 2 fully saturated rings. The number of aliphatic hydroxyl groups excluding tert-OH is 7. The quantitative estimate of drug-likeness (QED) is 0.101. The van der Waals surface area contributed by atoms with Gasteiger partial charge in [0.15, 0.2) is 12.6 Å². The van der Waals surface area contributed by atoms with Crippen molar-refractivity contribution >= 4 is 55.6 Å². The van der Waals surface area contributed by atoms with Crippen LogP contribution in [0.3, 0.4) is 0 Å². The third-order valence-corrected chi connectivity index (χ3v) is 11.1. The first-order valence-electron chi connectivity index (χ1n) is 9.31. The molecule has 0 saturated carbocycles. The van der Waals surface area contributed by atoms with Crippen LogP contribution in [0.4, 0.5) is 0 Å². The van der Waals surface area contributed by atoms with Crippen LogP contribution in [0.25, 0.3) is 0 Å². The molecule has 2 saturated heterocycles. The highest BCUT2D eigenvalue weighted by Gasteiger charge is 2.47. The maximum Gasteiger partial charge on any atom is 0.339 e. The van der Waals surface area contributed by atoms with Crippen molar-refractivity contribution in [2.24, 2.45) is 0 Å². The molecule has 0 spiro atoms. The molecule has 208 valence electrons. The van der Waals surface area contributed by atoms with Crippen LogP contribution in [-0.4, -0.2) is 130 Å². The Hall–Kier alpha value is 1.27. The first-order valence-corrected chi connectivity index (χ1v) is 17.1. The van der Waals surface area contributed by atoms with E-state index in [1.54, 1.807) is 0 Å². The molecular weight excluding hydrogens is 605 g/mol. The number of aliphatic hydroxyl groups is 7. The summed E-state index contributed by atoms with van der Waals surface area (Å²) in [5, 5.41) is 69.0. The second-order valence-electron chi connectivity index (χ2n) is 7.27. The SMILES string of the molecule is OC1O[C@H](CO[C@H]2O[C@H](COP(O)(=S)OP(O)(=S)OP(O)(O)=S)[C@H](O)[C@H](O)[C@H]2O)[C@@H](O)[C@H](O)[C@H]1O. The average Bonchev–Trinajstić information content (AvgIpc) is 2.69. The second kappa shape index (κ2) is 12.6. The monoisotopic (exact) mass is 630 g/mol. The molecule has 0 aromatic rings. The molecule has 12 atom stereocenters. The highest BCUT2D eigenvalue weighted by Crippen LogP contribution is 2.66. The van der Waals surface area contributed by atoms with Crippen molar-refractivity contribution in [1.82, 2.24) is 0 Å². The third-order valence-electron chi connectivity index (χ3n) is 4.60. The third kappa shape index (κ3) is 9.45. The minimum atomic E-state index is -4.57. The van der Waals surface area contributed by atoms with Crippen LogP contribution in [0.2, 0.25) is 0 Å². The van der Waals surface area contributed by atoms with Crippen molar-refractivity contribution < 1.29 is 82.7 Å². The molecule has 23 heteroatoms. The number of hydrogen-bond donors (Lipinski definition) is 11. The normalized spacial score (nSPS) is 42.3. The molecule has 0 radical (unpaired) electrons. The van der Waals surface area contributed by atoms with E-state index in [-0.39, 0.29) is 0 Å². The van der Waals surface area contributed by atoms with Gasteiger partial charge in [0.1, 0.15) is 48.8 Å². The summed E-state index contributed by atoms with van der Waals surface area (Å²) in [6, 6.07) is 0. The highest BCUT2D eigenvalue weighted by atomic mass is 32.5. The number of hydrogen-bond acceptors (Lipinski definition) is 16. The van der Waals surface area contributed by atoms with Crippen LogP contribution in [0.15, 0.2) is 0 Å². The molecule has 11 N–H and O–H groups in total. The maximum absolute atomic E-state index is 10.1. The van der Waals surface area contributed by atoms with Crippen molar-refractivity contribution in [3.05, 3.63) is 0 Å². The zero-order valence-corrected chi connectivity index (χ0v) is 22.3. The topological polar surface area (TPSA) is 278 Å². The van der Waals surface area contributed by atoms with E-state index in [9.17, 15) is 45.5 Å². The smallest absolute Gasteiger partial charge is 0.339 e. The van der Waals surface area contributed by atoms with E-state index in [1.165, 1.54) is 0 Å². The lowest BCUT2D eigenvalue weighted by Gasteiger charge is -2.42. The summed E-state index contributed by atoms with van der Waals surface area (Å²) in [5.74, 6) is 0. The molecule has 0 bridgehead atoms. The molecule has 35 heavy (non-hydrogen) atoms. The lowest BCUT2D eigenvalue weighted by Crippen LogP contribution is -2.61. The molecule has 0 aromatic heterocycles. The highest BCUT2D eigenvalue weighted by molar-refractivity contribution is 8.17. The number of rotatable bonds is 10. The Kier molecular flexibility index (Phi) is 11.7. The molecule has 3 unspecified atom stereocenters. The van der Waals surface area contributed by atoms with Gasteiger partial charge >= 0.3 is 20.2 Å². The number of ether oxygens (including phenoxy) is 3. The molecule has 2 aliphatic heterocycles. The summed E-state index contributed by atoms with van der Waals surface area (Å²) in [4.78, 5) is 37.9. The lowest BCUT2D eigenvalue weighted by molar-refractivity contribution is -0.325. The van der Waals surface area contributed by atoms with Gasteiger partial charge in [0.25, 0.3) is 0 Å². The molecule has 2 heterocycles. The van der Waals surface area contributed by atoms with E-state index >= 15 is 0 Å².